The summed E-state index contributed by atoms with van der Waals surface area (Å²) in [6.45, 7) is 1.89. The molecule has 0 atom stereocenters. The molecule has 7 nitrogen and oxygen atoms in total. The van der Waals surface area contributed by atoms with Crippen LogP contribution < -0.4 is 5.32 Å². The third-order valence-corrected chi connectivity index (χ3v) is 3.88. The maximum absolute atomic E-state index is 12.0. The van der Waals surface area contributed by atoms with E-state index in [1.807, 2.05) is 6.92 Å². The number of carboxylic acid groups (broad SMARTS) is 1. The molecule has 104 valence electrons. The number of thiazole rings is 1. The third-order valence-electron chi connectivity index (χ3n) is 2.23. The summed E-state index contributed by atoms with van der Waals surface area (Å²) in [5, 5.41) is 15.4. The van der Waals surface area contributed by atoms with E-state index >= 15 is 0 Å². The van der Waals surface area contributed by atoms with Gasteiger partial charge >= 0.3 is 5.97 Å². The van der Waals surface area contributed by atoms with Crippen molar-refractivity contribution in [2.45, 2.75) is 13.3 Å². The lowest BCUT2D eigenvalue weighted by molar-refractivity contribution is -0.131. The Bertz CT molecular complexity index is 662. The molecule has 1 amide bonds. The van der Waals surface area contributed by atoms with Gasteiger partial charge in [-0.1, -0.05) is 22.7 Å². The highest BCUT2D eigenvalue weighted by molar-refractivity contribution is 7.16. The van der Waals surface area contributed by atoms with E-state index in [1.54, 1.807) is 0 Å². The number of aryl methyl sites for hydroxylation is 1. The van der Waals surface area contributed by atoms with Gasteiger partial charge in [0.05, 0.1) is 5.69 Å². The molecule has 2 N–H and O–H groups in total. The summed E-state index contributed by atoms with van der Waals surface area (Å²) >= 11 is 2.22. The van der Waals surface area contributed by atoms with E-state index in [0.29, 0.717) is 27.0 Å². The van der Waals surface area contributed by atoms with Crippen LogP contribution in [0.3, 0.4) is 0 Å². The van der Waals surface area contributed by atoms with Crippen LogP contribution in [0.4, 0.5) is 5.13 Å². The lowest BCUT2D eigenvalue weighted by Crippen LogP contribution is -2.11. The number of carbonyl (C=O) groups excluding carboxylic acids is 1. The van der Waals surface area contributed by atoms with Crippen LogP contribution in [0.2, 0.25) is 0 Å². The lowest BCUT2D eigenvalue weighted by Gasteiger charge is -1.98. The van der Waals surface area contributed by atoms with Gasteiger partial charge in [0.2, 0.25) is 0 Å². The van der Waals surface area contributed by atoms with Gasteiger partial charge in [-0.05, 0) is 24.0 Å². The molecular formula is C11H10N4O3S2. The second kappa shape index (κ2) is 6.35. The molecule has 0 spiro atoms. The molecule has 0 radical (unpaired) electrons. The van der Waals surface area contributed by atoms with Crippen molar-refractivity contribution < 1.29 is 14.7 Å². The molecule has 0 bridgehead atoms. The first kappa shape index (κ1) is 14.3. The predicted molar refractivity (Wildman–Crippen MR) is 76.0 cm³/mol. The summed E-state index contributed by atoms with van der Waals surface area (Å²) < 4.78 is 3.75. The number of nitrogens with zero attached hydrogens (tertiary/aromatic N) is 3. The molecule has 0 saturated carbocycles. The summed E-state index contributed by atoms with van der Waals surface area (Å²) in [6, 6.07) is 0. The molecular weight excluding hydrogens is 300 g/mol. The fourth-order valence-electron chi connectivity index (χ4n) is 1.34. The van der Waals surface area contributed by atoms with Crippen LogP contribution in [-0.4, -0.2) is 31.6 Å². The Morgan fingerprint density at radius 3 is 3.00 bits per heavy atom. The fraction of sp³-hybridized carbons (Fsp3) is 0.182. The number of nitrogens with one attached hydrogen (secondary N) is 1. The maximum Gasteiger partial charge on any atom is 0.328 e. The maximum atomic E-state index is 12.0. The molecule has 0 fully saturated rings. The summed E-state index contributed by atoms with van der Waals surface area (Å²) in [5.74, 6) is -1.34. The SMILES string of the molecule is CCc1nnsc1C(=O)Nc1ncc(C=CC(=O)O)s1. The molecule has 2 heterocycles. The standard InChI is InChI=1S/C11H10N4O3S2/c1-2-7-9(20-15-14-7)10(18)13-11-12-5-6(19-11)3-4-8(16)17/h3-5H,2H2,1H3,(H,16,17)(H,12,13,18). The predicted octanol–water partition coefficient (Wildman–Crippen LogP) is 1.91. The van der Waals surface area contributed by atoms with E-state index in [9.17, 15) is 9.59 Å². The average molecular weight is 310 g/mol. The normalized spacial score (nSPS) is 10.8. The van der Waals surface area contributed by atoms with Gasteiger partial charge in [-0.3, -0.25) is 10.1 Å². The zero-order valence-corrected chi connectivity index (χ0v) is 12.0. The first-order valence-electron chi connectivity index (χ1n) is 5.59. The number of carbonyl (C=O) groups is 2. The Kier molecular flexibility index (Phi) is 4.53. The van der Waals surface area contributed by atoms with Crippen LogP contribution in [0.15, 0.2) is 12.3 Å². The van der Waals surface area contributed by atoms with E-state index < -0.39 is 5.97 Å². The minimum atomic E-state index is -1.03. The van der Waals surface area contributed by atoms with Crippen LogP contribution in [0.25, 0.3) is 6.08 Å². The van der Waals surface area contributed by atoms with Crippen molar-refractivity contribution in [3.8, 4) is 0 Å². The Hall–Kier alpha value is -2.13. The average Bonchev–Trinajstić information content (AvgIpc) is 3.04. The second-order valence-electron chi connectivity index (χ2n) is 3.60. The number of hydrogen-bond donors (Lipinski definition) is 2. The highest BCUT2D eigenvalue weighted by Crippen LogP contribution is 2.21. The lowest BCUT2D eigenvalue weighted by atomic mass is 10.3. The highest BCUT2D eigenvalue weighted by atomic mass is 32.1. The molecule has 9 heteroatoms. The first-order chi connectivity index (χ1) is 9.60. The molecule has 2 aromatic heterocycles. The van der Waals surface area contributed by atoms with Crippen molar-refractivity contribution >= 4 is 46.0 Å². The van der Waals surface area contributed by atoms with Crippen LogP contribution in [-0.2, 0) is 11.2 Å². The summed E-state index contributed by atoms with van der Waals surface area (Å²) in [4.78, 5) is 27.5. The molecule has 0 aliphatic carbocycles. The van der Waals surface area contributed by atoms with Crippen LogP contribution in [0, 0.1) is 0 Å². The monoisotopic (exact) mass is 310 g/mol. The molecule has 0 aliphatic heterocycles. The van der Waals surface area contributed by atoms with Crippen molar-refractivity contribution in [2.75, 3.05) is 5.32 Å². The Balaban J connectivity index is 2.07. The number of rotatable bonds is 5. The van der Waals surface area contributed by atoms with E-state index in [-0.39, 0.29) is 5.91 Å². The van der Waals surface area contributed by atoms with Gasteiger partial charge in [-0.15, -0.1) is 5.10 Å². The zero-order chi connectivity index (χ0) is 14.5. The van der Waals surface area contributed by atoms with Gasteiger partial charge in [0.25, 0.3) is 5.91 Å². The second-order valence-corrected chi connectivity index (χ2v) is 5.41. The number of anilines is 1. The summed E-state index contributed by atoms with van der Waals surface area (Å²) in [7, 11) is 0. The van der Waals surface area contributed by atoms with Gasteiger partial charge in [-0.25, -0.2) is 9.78 Å². The van der Waals surface area contributed by atoms with Gasteiger partial charge in [0.15, 0.2) is 5.13 Å². The Labute approximate surface area is 122 Å². The Morgan fingerprint density at radius 1 is 1.50 bits per heavy atom. The molecule has 20 heavy (non-hydrogen) atoms. The highest BCUT2D eigenvalue weighted by Gasteiger charge is 2.16. The minimum absolute atomic E-state index is 0.306. The van der Waals surface area contributed by atoms with Crippen LogP contribution in [0.5, 0.6) is 0 Å². The van der Waals surface area contributed by atoms with E-state index in [1.165, 1.54) is 23.6 Å². The molecule has 2 rings (SSSR count). The molecule has 2 aromatic rings. The van der Waals surface area contributed by atoms with Crippen molar-refractivity contribution in [1.82, 2.24) is 14.6 Å². The van der Waals surface area contributed by atoms with Crippen molar-refractivity contribution in [1.29, 1.82) is 0 Å². The molecule has 0 aromatic carbocycles. The smallest absolute Gasteiger partial charge is 0.328 e. The van der Waals surface area contributed by atoms with Gasteiger partial charge in [0, 0.05) is 17.2 Å². The van der Waals surface area contributed by atoms with Crippen molar-refractivity contribution in [2.24, 2.45) is 0 Å². The van der Waals surface area contributed by atoms with E-state index in [2.05, 4.69) is 19.9 Å². The number of carboxylic acids is 1. The van der Waals surface area contributed by atoms with Crippen LogP contribution >= 0.6 is 22.9 Å². The van der Waals surface area contributed by atoms with E-state index in [4.69, 9.17) is 5.11 Å². The first-order valence-corrected chi connectivity index (χ1v) is 7.18. The minimum Gasteiger partial charge on any atom is -0.478 e. The van der Waals surface area contributed by atoms with Gasteiger partial charge < -0.3 is 5.11 Å². The van der Waals surface area contributed by atoms with Crippen molar-refractivity contribution in [3.05, 3.63) is 27.7 Å². The number of hydrogen-bond acceptors (Lipinski definition) is 7. The van der Waals surface area contributed by atoms with E-state index in [0.717, 1.165) is 17.6 Å². The summed E-state index contributed by atoms with van der Waals surface area (Å²) in [5.41, 5.74) is 0.648. The molecule has 0 unspecified atom stereocenters. The van der Waals surface area contributed by atoms with Gasteiger partial charge in [-0.2, -0.15) is 0 Å². The quantitative estimate of drug-likeness (QED) is 0.817. The fourth-order valence-corrected chi connectivity index (χ4v) is 2.70. The van der Waals surface area contributed by atoms with Gasteiger partial charge in [0.1, 0.15) is 4.88 Å². The van der Waals surface area contributed by atoms with Crippen LogP contribution in [0.1, 0.15) is 27.2 Å². The number of amides is 1. The molecule has 0 saturated heterocycles. The number of aromatic nitrogens is 3. The third kappa shape index (κ3) is 3.45. The van der Waals surface area contributed by atoms with Crippen molar-refractivity contribution in [3.63, 3.8) is 0 Å². The zero-order valence-electron chi connectivity index (χ0n) is 10.4. The topological polar surface area (TPSA) is 105 Å². The Morgan fingerprint density at radius 2 is 2.30 bits per heavy atom. The summed E-state index contributed by atoms with van der Waals surface area (Å²) in [6.07, 6.45) is 4.55. The number of aliphatic carboxylic acids is 1. The molecule has 0 aliphatic rings. The largest absolute Gasteiger partial charge is 0.478 e.